The highest BCUT2D eigenvalue weighted by Gasteiger charge is 2.47. The number of methoxy groups -OCH3 is 8. The number of ether oxygens (including phenoxy) is 12. The van der Waals surface area contributed by atoms with Crippen LogP contribution in [0.5, 0.6) is 46.0 Å². The van der Waals surface area contributed by atoms with Gasteiger partial charge in [0.25, 0.3) is 0 Å². The van der Waals surface area contributed by atoms with Gasteiger partial charge in [-0.25, -0.2) is 0 Å². The van der Waals surface area contributed by atoms with Crippen LogP contribution in [0.15, 0.2) is 48.3 Å². The molecule has 0 radical (unpaired) electrons. The maximum absolute atomic E-state index is 13.7. The molecule has 4 saturated heterocycles. The molecule has 4 aromatic rings. The van der Waals surface area contributed by atoms with Gasteiger partial charge in [0.15, 0.2) is 46.0 Å². The van der Waals surface area contributed by atoms with Gasteiger partial charge in [-0.2, -0.15) is 0 Å². The molecule has 0 aromatic heterocycles. The van der Waals surface area contributed by atoms with E-state index in [0.29, 0.717) is 0 Å². The Morgan fingerprint density at radius 1 is 0.367 bits per heavy atom. The molecule has 672 valence electrons. The van der Waals surface area contributed by atoms with Gasteiger partial charge < -0.3 is 79.8 Å². The third kappa shape index (κ3) is 23.8. The van der Waals surface area contributed by atoms with Gasteiger partial charge in [0.05, 0.1) is 82.8 Å². The molecule has 8 N–H and O–H groups in total. The third-order valence-corrected chi connectivity index (χ3v) is 19.2. The van der Waals surface area contributed by atoms with Crippen molar-refractivity contribution in [2.24, 2.45) is 93.8 Å². The molecule has 12 rings (SSSR count). The second kappa shape index (κ2) is 43.9. The smallest absolute Gasteiger partial charge is 0.323 e. The molecule has 4 fully saturated rings. The Hall–Kier alpha value is -7.16. The average molecular weight is 1740 g/mol. The van der Waals surface area contributed by atoms with E-state index in [4.69, 9.17) is 154 Å². The summed E-state index contributed by atoms with van der Waals surface area (Å²) in [5.74, 6) is -42.2. The summed E-state index contributed by atoms with van der Waals surface area (Å²) in [7, 11) is 0.682. The minimum Gasteiger partial charge on any atom is -0.493 e. The number of carbonyl (C=O) groups is 4. The number of hydrogen-bond donors (Lipinski definition) is 4. The van der Waals surface area contributed by atoms with Crippen LogP contribution in [-0.2, 0) is 63.8 Å². The molecular weight excluding hydrogens is 1520 g/mol. The summed E-state index contributed by atoms with van der Waals surface area (Å²) < 4.78 is 623. The molecule has 8 aliphatic rings. The quantitative estimate of drug-likeness (QED) is 0.0303. The molecule has 0 amide bonds. The summed E-state index contributed by atoms with van der Waals surface area (Å²) >= 11 is 0. The Morgan fingerprint density at radius 3 is 0.833 bits per heavy atom. The van der Waals surface area contributed by atoms with Crippen molar-refractivity contribution in [3.63, 3.8) is 0 Å². The van der Waals surface area contributed by atoms with Crippen LogP contribution < -0.4 is 60.8 Å². The van der Waals surface area contributed by atoms with Gasteiger partial charge in [0.1, 0.15) is 48.5 Å². The lowest BCUT2D eigenvalue weighted by atomic mass is 9.79. The minimum atomic E-state index is -4.09. The van der Waals surface area contributed by atoms with Crippen molar-refractivity contribution in [3.8, 4) is 46.0 Å². The Morgan fingerprint density at radius 2 is 0.592 bits per heavy atom. The van der Waals surface area contributed by atoms with Crippen molar-refractivity contribution < 1.29 is 168 Å². The fourth-order valence-corrected chi connectivity index (χ4v) is 13.7. The van der Waals surface area contributed by atoms with Gasteiger partial charge in [0.2, 0.25) is 0 Å². The van der Waals surface area contributed by atoms with Crippen LogP contribution >= 0.6 is 0 Å². The lowest BCUT2D eigenvalue weighted by Gasteiger charge is -2.47. The van der Waals surface area contributed by atoms with Crippen LogP contribution in [0.4, 0.5) is 0 Å². The van der Waals surface area contributed by atoms with Crippen LogP contribution in [-0.4, -0.2) is 201 Å². The van der Waals surface area contributed by atoms with Gasteiger partial charge in [-0.1, -0.05) is 110 Å². The highest BCUT2D eigenvalue weighted by atomic mass is 16.6. The molecule has 0 bridgehead atoms. The van der Waals surface area contributed by atoms with E-state index < -0.39 is 373 Å². The highest BCUT2D eigenvalue weighted by molar-refractivity contribution is 5.77. The van der Waals surface area contributed by atoms with Crippen LogP contribution in [0.1, 0.15) is 322 Å². The molecule has 24 nitrogen and oxygen atoms in total. The van der Waals surface area contributed by atoms with Crippen molar-refractivity contribution in [2.45, 2.75) is 260 Å². The Kier molecular flexibility index (Phi) is 14.6. The van der Waals surface area contributed by atoms with E-state index in [1.807, 2.05) is 0 Å². The summed E-state index contributed by atoms with van der Waals surface area (Å²) in [6.07, 6.45) is -26.9. The van der Waals surface area contributed by atoms with Gasteiger partial charge in [-0.15, -0.1) is 0 Å². The summed E-state index contributed by atoms with van der Waals surface area (Å²) in [6, 6.07) is -27.8. The first kappa shape index (κ1) is 40.0. The SMILES string of the molecule is [2H]c1c2c(c([2H])c(OC)c1OC([2H])([2H])[2H])C1N(CC2)C([2H])([2H])C([2H])(CC(C)C)C(OC(=O)[C@@]([2H])(N)C([2H])(C([2H])([2H])[2H])C([2H])([2H])[2H])C1([2H])[2H].[2H]c1c2c(c([2H])c(OC)c1OC([2H])([2H])[2H])C1N(CC2)C([2H])([2H])C([2H])(CC(C)C)C(OC(=O)[C@@]([2H])(N)C([2H])(C([2H])([2H])[2H])C([2H])([2H])[2H])C1([2H])[2H].[2H]c1c2c(c([2H])c(OC)c1OC)C1N(CC2)C([2H])([2H])C([2H])(CC(C)C)C(OC(=O)[C@@]([2H])(N)C([2H])(C([2H])([2H])[2H])C([2H])([2H])[2H])C1([2H])[2H].[2H]c1c2c(c([2H])c(OC)c1OC)C1N(CC2)C([2H])([2H])C([2H])(CC(C)C)C([2H])(OC(=O)[C@@]([2H])(N)C([2H])(C([2H])([2H])[2H])C([2H])([2H])[2H])C1([2H])[2H]. The van der Waals surface area contributed by atoms with Crippen LogP contribution in [0.3, 0.4) is 0 Å². The van der Waals surface area contributed by atoms with Crippen molar-refractivity contribution in [1.29, 1.82) is 0 Å². The predicted octanol–water partition coefficient (Wildman–Crippen LogP) is 14.3. The molecule has 120 heavy (non-hydrogen) atoms. The molecule has 0 saturated carbocycles. The summed E-state index contributed by atoms with van der Waals surface area (Å²) in [4.78, 5) is 58.3. The Labute approximate surface area is 812 Å². The monoisotopic (exact) mass is 1740 g/mol. The first-order chi connectivity index (χ1) is 83.2. The first-order valence-electron chi connectivity index (χ1n) is 71.5. The number of piperidine rings is 4. The molecule has 8 heterocycles. The van der Waals surface area contributed by atoms with E-state index in [1.54, 1.807) is 41.5 Å². The first-order valence-corrected chi connectivity index (χ1v) is 38.0. The van der Waals surface area contributed by atoms with Gasteiger partial charge in [-0.05, 0) is 191 Å². The minimum absolute atomic E-state index is 0.0298. The summed E-state index contributed by atoms with van der Waals surface area (Å²) in [5.41, 5.74) is 21.4. The lowest BCUT2D eigenvalue weighted by molar-refractivity contribution is -0.161. The van der Waals surface area contributed by atoms with Crippen LogP contribution in [0.25, 0.3) is 0 Å². The molecule has 0 spiro atoms. The van der Waals surface area contributed by atoms with E-state index >= 15 is 0 Å². The second-order valence-electron chi connectivity index (χ2n) is 29.8. The molecule has 12 unspecified atom stereocenters. The largest absolute Gasteiger partial charge is 0.493 e. The van der Waals surface area contributed by atoms with E-state index in [0.717, 1.165) is 40.9 Å². The molecule has 8 aliphatic heterocycles. The number of benzene rings is 4. The lowest BCUT2D eigenvalue weighted by Crippen LogP contribution is -2.51. The van der Waals surface area contributed by atoms with E-state index in [2.05, 4.69) is 0 Å². The number of carbonyl (C=O) groups excluding carboxylic acids is 4. The van der Waals surface area contributed by atoms with Gasteiger partial charge in [0, 0.05) is 191 Å². The zero-order chi connectivity index (χ0) is 146. The molecule has 16 atom stereocenters. The zero-order valence-corrected chi connectivity index (χ0v) is 69.0. The number of rotatable bonds is 28. The normalized spacial score (nSPS) is 42.0. The van der Waals surface area contributed by atoms with E-state index in [1.165, 1.54) is 35.2 Å². The number of fused-ring (bicyclic) bond motifs is 12. The average Bonchev–Trinajstić information content (AvgIpc) is 0.664. The standard InChI is InChI=1S/4C24H38N2O4/c4*1-14(2)9-17-13-26-8-7-16-10-21(28-5)22(29-6)11-18(16)19(26)12-20(17)30-24(27)23(25)15(3)4/h4*10-11,14-15,17,19-20,23H,7-9,12-13,25H2,1-6H3/t4*17?,19?,20?,23-/m0000/s1/i3D3,4D3,10D,11D,12D2,13D2,15D,17D,20D,23D;2*3D3,4D3,5D3,10D,11D,12D2,13D2,15D,17D,23D;3D3,4D3,10D,11D,12D2,13D2,15D,17D,23D. The van der Waals surface area contributed by atoms with Crippen molar-refractivity contribution in [3.05, 3.63) is 92.8 Å². The highest BCUT2D eigenvalue weighted by Crippen LogP contribution is 2.50. The fourth-order valence-electron chi connectivity index (χ4n) is 13.7. The maximum atomic E-state index is 13.7. The van der Waals surface area contributed by atoms with E-state index in [9.17, 15) is 37.0 Å². The topological polar surface area (TPSA) is 296 Å². The van der Waals surface area contributed by atoms with Gasteiger partial charge >= 0.3 is 23.9 Å². The fraction of sp³-hybridized carbons (Fsp3) is 0.708. The number of nitrogens with two attached hydrogens (primary N) is 4. The predicted molar refractivity (Wildman–Crippen MR) is 471 cm³/mol. The van der Waals surface area contributed by atoms with Crippen LogP contribution in [0, 0.1) is 70.8 Å². The molecule has 4 aromatic carbocycles. The van der Waals surface area contributed by atoms with E-state index in [-0.39, 0.29) is 131 Å². The summed E-state index contributed by atoms with van der Waals surface area (Å²) in [6.45, 7) is -31.9. The molecular formula is C96H152N8O16. The van der Waals surface area contributed by atoms with Crippen molar-refractivity contribution in [1.82, 2.24) is 19.6 Å². The number of hydrogen-bond acceptors (Lipinski definition) is 24. The molecule has 0 aliphatic carbocycles. The third-order valence-electron chi connectivity index (χ3n) is 19.2. The summed E-state index contributed by atoms with van der Waals surface area (Å²) in [5, 5.41) is 0. The van der Waals surface area contributed by atoms with Crippen molar-refractivity contribution >= 4 is 23.9 Å². The Bertz CT molecular complexity index is 6950. The number of esters is 4. The maximum Gasteiger partial charge on any atom is 0.323 e. The molecule has 24 heteroatoms. The second-order valence-corrected chi connectivity index (χ2v) is 29.8. The zero-order valence-electron chi connectivity index (χ0n) is 136. The van der Waals surface area contributed by atoms with Crippen molar-refractivity contribution in [2.75, 3.05) is 109 Å². The Balaban J connectivity index is 0.000000271. The van der Waals surface area contributed by atoms with Gasteiger partial charge in [-0.3, -0.25) is 38.8 Å². The van der Waals surface area contributed by atoms with Crippen LogP contribution in [0.2, 0.25) is 0 Å². The number of nitrogens with zero attached hydrogens (tertiary/aromatic N) is 4.